The first-order valence-electron chi connectivity index (χ1n) is 26.8. The summed E-state index contributed by atoms with van der Waals surface area (Å²) in [7, 11) is 0. The van der Waals surface area contributed by atoms with Crippen LogP contribution in [0.4, 0.5) is 0 Å². The van der Waals surface area contributed by atoms with Crippen molar-refractivity contribution in [3.63, 3.8) is 0 Å². The Morgan fingerprint density at radius 3 is 0.843 bits per heavy atom. The minimum atomic E-state index is 0.620. The standard InChI is InChI=1S/C68H70O2/c1-5-9-21-47(22-10-6-2)45-69-51-37-33-49(34-38-51)61-41-63(55-27-15-13-25-53(55)61)65-43-67(59-31-19-17-29-57(59)65)68-44-66(58-30-18-20-32-60(58)68)64-42-62(54-26-14-16-28-56(54)64)50-35-39-52(40-36-50)70-46-48(23-11-7-3)24-12-8-4/h13-20,25-44,47-48H,5-12,21-24,45-46H2,1-4H3/b65-63+,66-64+. The van der Waals surface area contributed by atoms with Crippen molar-refractivity contribution in [2.75, 3.05) is 13.2 Å². The second-order valence-corrected chi connectivity index (χ2v) is 20.0. The first-order valence-corrected chi connectivity index (χ1v) is 26.8. The normalized spacial score (nSPS) is 16.5. The molecular weight excluding hydrogens is 849 g/mol. The van der Waals surface area contributed by atoms with Crippen LogP contribution in [0.2, 0.25) is 0 Å². The highest BCUT2D eigenvalue weighted by Gasteiger charge is 2.32. The first kappa shape index (κ1) is 47.1. The summed E-state index contributed by atoms with van der Waals surface area (Å²) < 4.78 is 12.9. The molecule has 0 fully saturated rings. The van der Waals surface area contributed by atoms with Gasteiger partial charge in [0.25, 0.3) is 0 Å². The SMILES string of the molecule is CCCCC(CCCC)COc1ccc(C2=C/C(=C3/C=C(C4=C/C(=C5/C=C(c6ccc(OCC(CCCC)CCCC)cc6)c6ccccc65)c5ccccc54)c4ccccc43)c3ccccc32)cc1. The van der Waals surface area contributed by atoms with E-state index in [2.05, 4.69) is 198 Å². The van der Waals surface area contributed by atoms with Gasteiger partial charge in [-0.1, -0.05) is 200 Å². The van der Waals surface area contributed by atoms with Crippen LogP contribution in [0.15, 0.2) is 170 Å². The Kier molecular flexibility index (Phi) is 14.8. The predicted octanol–water partition coefficient (Wildman–Crippen LogP) is 18.6. The van der Waals surface area contributed by atoms with Gasteiger partial charge in [0.1, 0.15) is 11.5 Å². The zero-order chi connectivity index (χ0) is 47.8. The number of rotatable bonds is 21. The van der Waals surface area contributed by atoms with E-state index in [9.17, 15) is 0 Å². The lowest BCUT2D eigenvalue weighted by atomic mass is 9.94. The van der Waals surface area contributed by atoms with Gasteiger partial charge in [-0.05, 0) is 186 Å². The van der Waals surface area contributed by atoms with Gasteiger partial charge in [0.05, 0.1) is 13.2 Å². The molecule has 0 saturated heterocycles. The number of benzene rings is 6. The van der Waals surface area contributed by atoms with E-state index in [0.29, 0.717) is 11.8 Å². The van der Waals surface area contributed by atoms with Crippen molar-refractivity contribution in [3.8, 4) is 11.5 Å². The summed E-state index contributed by atoms with van der Waals surface area (Å²) in [5, 5.41) is 0. The number of ether oxygens (including phenoxy) is 2. The average Bonchev–Trinajstić information content (AvgIpc) is 4.19. The van der Waals surface area contributed by atoms with E-state index < -0.39 is 0 Å². The Balaban J connectivity index is 0.984. The molecule has 4 aliphatic rings. The fourth-order valence-electron chi connectivity index (χ4n) is 11.3. The predicted molar refractivity (Wildman–Crippen MR) is 298 cm³/mol. The monoisotopic (exact) mass is 919 g/mol. The molecule has 0 atom stereocenters. The van der Waals surface area contributed by atoms with Gasteiger partial charge in [0, 0.05) is 0 Å². The van der Waals surface area contributed by atoms with E-state index in [1.807, 2.05) is 0 Å². The highest BCUT2D eigenvalue weighted by atomic mass is 16.5. The third kappa shape index (κ3) is 9.76. The van der Waals surface area contributed by atoms with Gasteiger partial charge in [-0.15, -0.1) is 0 Å². The number of hydrogen-bond donors (Lipinski definition) is 0. The van der Waals surface area contributed by atoms with Gasteiger partial charge in [0.2, 0.25) is 0 Å². The van der Waals surface area contributed by atoms with Crippen LogP contribution < -0.4 is 9.47 Å². The van der Waals surface area contributed by atoms with E-state index >= 15 is 0 Å². The minimum Gasteiger partial charge on any atom is -0.493 e. The lowest BCUT2D eigenvalue weighted by Gasteiger charge is -2.17. The quantitative estimate of drug-likeness (QED) is 0.0716. The smallest absolute Gasteiger partial charge is 0.119 e. The fraction of sp³-hybridized carbons (Fsp3) is 0.294. The molecule has 0 N–H and O–H groups in total. The van der Waals surface area contributed by atoms with Crippen molar-refractivity contribution in [2.45, 2.75) is 105 Å². The number of allylic oxidation sites excluding steroid dienone is 10. The van der Waals surface area contributed by atoms with Crippen molar-refractivity contribution in [1.82, 2.24) is 0 Å². The lowest BCUT2D eigenvalue weighted by Crippen LogP contribution is -2.12. The van der Waals surface area contributed by atoms with Crippen LogP contribution in [0.25, 0.3) is 44.6 Å². The van der Waals surface area contributed by atoms with Crippen molar-refractivity contribution in [1.29, 1.82) is 0 Å². The van der Waals surface area contributed by atoms with E-state index in [1.54, 1.807) is 0 Å². The van der Waals surface area contributed by atoms with Crippen molar-refractivity contribution >= 4 is 44.6 Å². The summed E-state index contributed by atoms with van der Waals surface area (Å²) in [6.45, 7) is 10.7. The molecule has 354 valence electrons. The fourth-order valence-corrected chi connectivity index (χ4v) is 11.3. The van der Waals surface area contributed by atoms with E-state index in [4.69, 9.17) is 9.47 Å². The molecular formula is C68H70O2. The van der Waals surface area contributed by atoms with Crippen LogP contribution in [-0.2, 0) is 0 Å². The van der Waals surface area contributed by atoms with Crippen molar-refractivity contribution < 1.29 is 9.47 Å². The Morgan fingerprint density at radius 1 is 0.300 bits per heavy atom. The molecule has 6 aromatic rings. The highest BCUT2D eigenvalue weighted by molar-refractivity contribution is 6.26. The zero-order valence-electron chi connectivity index (χ0n) is 42.0. The van der Waals surface area contributed by atoms with Crippen LogP contribution in [0.5, 0.6) is 11.5 Å². The summed E-state index contributed by atoms with van der Waals surface area (Å²) >= 11 is 0. The van der Waals surface area contributed by atoms with Gasteiger partial charge in [-0.25, -0.2) is 0 Å². The maximum absolute atomic E-state index is 6.44. The Bertz CT molecular complexity index is 2800. The van der Waals surface area contributed by atoms with Gasteiger partial charge in [-0.3, -0.25) is 0 Å². The van der Waals surface area contributed by atoms with Gasteiger partial charge >= 0.3 is 0 Å². The molecule has 0 bridgehead atoms. The second kappa shape index (κ2) is 22.0. The lowest BCUT2D eigenvalue weighted by molar-refractivity contribution is 0.226. The van der Waals surface area contributed by atoms with Gasteiger partial charge < -0.3 is 9.47 Å². The van der Waals surface area contributed by atoms with Gasteiger partial charge in [-0.2, -0.15) is 0 Å². The molecule has 0 amide bonds. The summed E-state index contributed by atoms with van der Waals surface area (Å²) in [4.78, 5) is 0. The Labute approximate surface area is 418 Å². The summed E-state index contributed by atoms with van der Waals surface area (Å²) in [6, 6.07) is 53.6. The minimum absolute atomic E-state index is 0.620. The zero-order valence-corrected chi connectivity index (χ0v) is 42.0. The molecule has 70 heavy (non-hydrogen) atoms. The molecule has 2 heteroatoms. The van der Waals surface area contributed by atoms with E-state index in [-0.39, 0.29) is 0 Å². The molecule has 2 nitrogen and oxygen atoms in total. The Hall–Kier alpha value is -6.64. The maximum Gasteiger partial charge on any atom is 0.119 e. The third-order valence-corrected chi connectivity index (χ3v) is 15.2. The van der Waals surface area contributed by atoms with Gasteiger partial charge in [0.15, 0.2) is 0 Å². The largest absolute Gasteiger partial charge is 0.493 e. The number of hydrogen-bond acceptors (Lipinski definition) is 2. The van der Waals surface area contributed by atoms with E-state index in [1.165, 1.54) is 177 Å². The third-order valence-electron chi connectivity index (χ3n) is 15.2. The van der Waals surface area contributed by atoms with Crippen LogP contribution >= 0.6 is 0 Å². The molecule has 0 unspecified atom stereocenters. The molecule has 0 aliphatic heterocycles. The van der Waals surface area contributed by atoms with Crippen LogP contribution in [0, 0.1) is 11.8 Å². The molecule has 0 saturated carbocycles. The van der Waals surface area contributed by atoms with Crippen LogP contribution in [0.1, 0.15) is 160 Å². The maximum atomic E-state index is 6.44. The first-order chi connectivity index (χ1) is 34.6. The second-order valence-electron chi connectivity index (χ2n) is 20.0. The van der Waals surface area contributed by atoms with Crippen molar-refractivity contribution in [3.05, 3.63) is 226 Å². The van der Waals surface area contributed by atoms with Crippen LogP contribution in [0.3, 0.4) is 0 Å². The summed E-state index contributed by atoms with van der Waals surface area (Å²) in [5.74, 6) is 3.16. The van der Waals surface area contributed by atoms with Crippen molar-refractivity contribution in [2.24, 2.45) is 11.8 Å². The van der Waals surface area contributed by atoms with Crippen LogP contribution in [-0.4, -0.2) is 13.2 Å². The molecule has 0 heterocycles. The summed E-state index contributed by atoms with van der Waals surface area (Å²) in [6.07, 6.45) is 24.8. The average molecular weight is 919 g/mol. The van der Waals surface area contributed by atoms with E-state index in [0.717, 1.165) is 24.7 Å². The number of unbranched alkanes of at least 4 members (excludes halogenated alkanes) is 4. The molecule has 0 radical (unpaired) electrons. The Morgan fingerprint density at radius 2 is 0.557 bits per heavy atom. The molecule has 4 aliphatic carbocycles. The topological polar surface area (TPSA) is 18.5 Å². The number of fused-ring (bicyclic) bond motifs is 4. The highest BCUT2D eigenvalue weighted by Crippen LogP contribution is 2.54. The molecule has 0 spiro atoms. The molecule has 6 aromatic carbocycles. The molecule has 10 rings (SSSR count). The molecule has 0 aromatic heterocycles. The summed E-state index contributed by atoms with van der Waals surface area (Å²) in [5.41, 5.74) is 22.8.